The van der Waals surface area contributed by atoms with Crippen molar-refractivity contribution in [2.45, 2.75) is 42.0 Å². The first-order valence-electron chi connectivity index (χ1n) is 7.94. The molecule has 2 aromatic rings. The molecule has 0 unspecified atom stereocenters. The van der Waals surface area contributed by atoms with Crippen molar-refractivity contribution in [3.63, 3.8) is 0 Å². The molecule has 0 saturated heterocycles. The molecule has 0 aliphatic rings. The molecule has 0 saturated carbocycles. The SMILES string of the molecule is O=C(O)CCCCC(=O)NCc1ccccc1Sc1ccccc1. The molecule has 0 aromatic heterocycles. The van der Waals surface area contributed by atoms with Gasteiger partial charge in [0.05, 0.1) is 0 Å². The smallest absolute Gasteiger partial charge is 0.303 e. The second-order valence-corrected chi connectivity index (χ2v) is 6.52. The average molecular weight is 343 g/mol. The summed E-state index contributed by atoms with van der Waals surface area (Å²) in [5.41, 5.74) is 1.07. The Morgan fingerprint density at radius 2 is 1.58 bits per heavy atom. The number of amides is 1. The maximum atomic E-state index is 11.9. The van der Waals surface area contributed by atoms with Crippen LogP contribution in [0.5, 0.6) is 0 Å². The van der Waals surface area contributed by atoms with Crippen LogP contribution in [0.1, 0.15) is 31.2 Å². The van der Waals surface area contributed by atoms with Crippen LogP contribution in [0, 0.1) is 0 Å². The largest absolute Gasteiger partial charge is 0.481 e. The Balaban J connectivity index is 1.84. The number of hydrogen-bond donors (Lipinski definition) is 2. The van der Waals surface area contributed by atoms with Crippen LogP contribution in [0.15, 0.2) is 64.4 Å². The van der Waals surface area contributed by atoms with Crippen LogP contribution in [-0.4, -0.2) is 17.0 Å². The molecule has 0 aliphatic heterocycles. The summed E-state index contributed by atoms with van der Waals surface area (Å²) in [6.45, 7) is 0.480. The Morgan fingerprint density at radius 3 is 2.33 bits per heavy atom. The van der Waals surface area contributed by atoms with Crippen molar-refractivity contribution < 1.29 is 14.7 Å². The van der Waals surface area contributed by atoms with Crippen molar-refractivity contribution in [3.8, 4) is 0 Å². The third-order valence-electron chi connectivity index (χ3n) is 3.46. The van der Waals surface area contributed by atoms with Gasteiger partial charge in [-0.05, 0) is 36.6 Å². The molecule has 24 heavy (non-hydrogen) atoms. The lowest BCUT2D eigenvalue weighted by molar-refractivity contribution is -0.137. The fraction of sp³-hybridized carbons (Fsp3) is 0.263. The van der Waals surface area contributed by atoms with Crippen LogP contribution in [0.4, 0.5) is 0 Å². The summed E-state index contributed by atoms with van der Waals surface area (Å²) >= 11 is 1.67. The van der Waals surface area contributed by atoms with Gasteiger partial charge in [-0.3, -0.25) is 9.59 Å². The molecular weight excluding hydrogens is 322 g/mol. The Hall–Kier alpha value is -2.27. The van der Waals surface area contributed by atoms with Crippen molar-refractivity contribution in [2.24, 2.45) is 0 Å². The summed E-state index contributed by atoms with van der Waals surface area (Å²) < 4.78 is 0. The summed E-state index contributed by atoms with van der Waals surface area (Å²) in [5, 5.41) is 11.5. The van der Waals surface area contributed by atoms with Crippen molar-refractivity contribution in [3.05, 3.63) is 60.2 Å². The summed E-state index contributed by atoms with van der Waals surface area (Å²) in [5.74, 6) is -0.859. The quantitative estimate of drug-likeness (QED) is 0.673. The molecule has 0 spiro atoms. The van der Waals surface area contributed by atoms with E-state index in [9.17, 15) is 9.59 Å². The van der Waals surface area contributed by atoms with E-state index in [1.807, 2.05) is 42.5 Å². The first-order valence-corrected chi connectivity index (χ1v) is 8.76. The van der Waals surface area contributed by atoms with Gasteiger partial charge in [0.1, 0.15) is 0 Å². The van der Waals surface area contributed by atoms with E-state index >= 15 is 0 Å². The standard InChI is InChI=1S/C19H21NO3S/c21-18(12-6-7-13-19(22)23)20-14-15-8-4-5-11-17(15)24-16-9-2-1-3-10-16/h1-5,8-11H,6-7,12-14H2,(H,20,21)(H,22,23). The summed E-state index contributed by atoms with van der Waals surface area (Å²) in [6, 6.07) is 18.1. The number of carbonyl (C=O) groups is 2. The highest BCUT2D eigenvalue weighted by Gasteiger charge is 2.07. The fourth-order valence-corrected chi connectivity index (χ4v) is 3.17. The van der Waals surface area contributed by atoms with Crippen molar-refractivity contribution >= 4 is 23.6 Å². The second kappa shape index (κ2) is 9.78. The number of nitrogens with one attached hydrogen (secondary N) is 1. The van der Waals surface area contributed by atoms with Crippen LogP contribution in [-0.2, 0) is 16.1 Å². The van der Waals surface area contributed by atoms with Crippen molar-refractivity contribution in [2.75, 3.05) is 0 Å². The monoisotopic (exact) mass is 343 g/mol. The molecule has 0 bridgehead atoms. The molecule has 126 valence electrons. The Bertz CT molecular complexity index is 673. The van der Waals surface area contributed by atoms with Gasteiger partial charge in [-0.2, -0.15) is 0 Å². The zero-order valence-electron chi connectivity index (χ0n) is 13.4. The lowest BCUT2D eigenvalue weighted by Gasteiger charge is -2.10. The molecule has 2 N–H and O–H groups in total. The predicted octanol–water partition coefficient (Wildman–Crippen LogP) is 4.10. The minimum atomic E-state index is -0.817. The van der Waals surface area contributed by atoms with E-state index < -0.39 is 5.97 Å². The third kappa shape index (κ3) is 6.46. The summed E-state index contributed by atoms with van der Waals surface area (Å²) in [7, 11) is 0. The summed E-state index contributed by atoms with van der Waals surface area (Å²) in [4.78, 5) is 24.6. The van der Waals surface area contributed by atoms with E-state index in [4.69, 9.17) is 5.11 Å². The van der Waals surface area contributed by atoms with E-state index in [-0.39, 0.29) is 12.3 Å². The van der Waals surface area contributed by atoms with Crippen LogP contribution in [0.3, 0.4) is 0 Å². The number of aliphatic carboxylic acids is 1. The molecular formula is C19H21NO3S. The zero-order chi connectivity index (χ0) is 17.2. The highest BCUT2D eigenvalue weighted by atomic mass is 32.2. The molecule has 0 fully saturated rings. The molecule has 4 nitrogen and oxygen atoms in total. The van der Waals surface area contributed by atoms with Crippen LogP contribution < -0.4 is 5.32 Å². The Labute approximate surface area is 146 Å². The topological polar surface area (TPSA) is 66.4 Å². The van der Waals surface area contributed by atoms with Gasteiger partial charge < -0.3 is 10.4 Å². The predicted molar refractivity (Wildman–Crippen MR) is 95.0 cm³/mol. The van der Waals surface area contributed by atoms with E-state index in [1.165, 1.54) is 0 Å². The molecule has 0 atom stereocenters. The molecule has 2 rings (SSSR count). The van der Waals surface area contributed by atoms with E-state index in [1.54, 1.807) is 11.8 Å². The minimum Gasteiger partial charge on any atom is -0.481 e. The van der Waals surface area contributed by atoms with Crippen LogP contribution in [0.25, 0.3) is 0 Å². The molecule has 0 aliphatic carbocycles. The normalized spacial score (nSPS) is 10.3. The van der Waals surface area contributed by atoms with E-state index in [0.29, 0.717) is 25.8 Å². The van der Waals surface area contributed by atoms with E-state index in [0.717, 1.165) is 15.4 Å². The van der Waals surface area contributed by atoms with Gasteiger partial charge in [0, 0.05) is 29.2 Å². The molecule has 2 aromatic carbocycles. The molecule has 5 heteroatoms. The van der Waals surface area contributed by atoms with Gasteiger partial charge in [0.2, 0.25) is 5.91 Å². The highest BCUT2D eigenvalue weighted by molar-refractivity contribution is 7.99. The number of unbranched alkanes of at least 4 members (excludes halogenated alkanes) is 1. The number of carbonyl (C=O) groups excluding carboxylic acids is 1. The molecule has 1 amide bonds. The third-order valence-corrected chi connectivity index (χ3v) is 4.59. The number of benzene rings is 2. The van der Waals surface area contributed by atoms with Gasteiger partial charge >= 0.3 is 5.97 Å². The highest BCUT2D eigenvalue weighted by Crippen LogP contribution is 2.30. The molecule has 0 radical (unpaired) electrons. The van der Waals surface area contributed by atoms with Crippen LogP contribution >= 0.6 is 11.8 Å². The first kappa shape index (κ1) is 18.1. The van der Waals surface area contributed by atoms with Crippen LogP contribution in [0.2, 0.25) is 0 Å². The maximum Gasteiger partial charge on any atom is 0.303 e. The van der Waals surface area contributed by atoms with Gasteiger partial charge in [-0.1, -0.05) is 48.2 Å². The number of hydrogen-bond acceptors (Lipinski definition) is 3. The van der Waals surface area contributed by atoms with Gasteiger partial charge in [-0.15, -0.1) is 0 Å². The van der Waals surface area contributed by atoms with Gasteiger partial charge in [0.15, 0.2) is 0 Å². The Kier molecular flexibility index (Phi) is 7.36. The Morgan fingerprint density at radius 1 is 0.917 bits per heavy atom. The lowest BCUT2D eigenvalue weighted by Crippen LogP contribution is -2.22. The first-order chi connectivity index (χ1) is 11.6. The van der Waals surface area contributed by atoms with Crippen molar-refractivity contribution in [1.29, 1.82) is 0 Å². The molecule has 0 heterocycles. The van der Waals surface area contributed by atoms with Gasteiger partial charge in [-0.25, -0.2) is 0 Å². The number of rotatable bonds is 9. The fourth-order valence-electron chi connectivity index (χ4n) is 2.21. The lowest BCUT2D eigenvalue weighted by atomic mass is 10.2. The zero-order valence-corrected chi connectivity index (χ0v) is 14.2. The maximum absolute atomic E-state index is 11.9. The average Bonchev–Trinajstić information content (AvgIpc) is 2.59. The van der Waals surface area contributed by atoms with Gasteiger partial charge in [0.25, 0.3) is 0 Å². The minimum absolute atomic E-state index is 0.0418. The number of carboxylic acid groups (broad SMARTS) is 1. The summed E-state index contributed by atoms with van der Waals surface area (Å²) in [6.07, 6.45) is 1.60. The van der Waals surface area contributed by atoms with E-state index in [2.05, 4.69) is 17.4 Å². The van der Waals surface area contributed by atoms with Crippen molar-refractivity contribution in [1.82, 2.24) is 5.32 Å². The number of carboxylic acids is 1. The second-order valence-electron chi connectivity index (χ2n) is 5.40.